The summed E-state index contributed by atoms with van der Waals surface area (Å²) in [6.07, 6.45) is 2.62. The van der Waals surface area contributed by atoms with Crippen molar-refractivity contribution in [2.75, 3.05) is 28.7 Å². The molecule has 0 unspecified atom stereocenters. The Hall–Kier alpha value is -0.830. The fourth-order valence-electron chi connectivity index (χ4n) is 2.31. The van der Waals surface area contributed by atoms with Crippen LogP contribution < -0.4 is 10.6 Å². The summed E-state index contributed by atoms with van der Waals surface area (Å²) in [6.45, 7) is 3.32. The molecule has 2 rings (SSSR count). The van der Waals surface area contributed by atoms with Gasteiger partial charge in [0.15, 0.2) is 0 Å². The summed E-state index contributed by atoms with van der Waals surface area (Å²) < 4.78 is 0. The topological polar surface area (TPSA) is 29.3 Å². The van der Waals surface area contributed by atoms with Crippen LogP contribution in [0.2, 0.25) is 0 Å². The van der Waals surface area contributed by atoms with Crippen molar-refractivity contribution in [3.05, 3.63) is 24.3 Å². The van der Waals surface area contributed by atoms with E-state index in [1.165, 1.54) is 30.0 Å². The number of hydrogen-bond donors (Lipinski definition) is 1. The molecule has 0 aromatic heterocycles. The van der Waals surface area contributed by atoms with Gasteiger partial charge in [-0.05, 0) is 55.5 Å². The fraction of sp³-hybridized carbons (Fsp3) is 0.538. The maximum Gasteiger partial charge on any atom is 0.0370 e. The Morgan fingerprint density at radius 2 is 1.88 bits per heavy atom. The molecule has 2 nitrogen and oxygen atoms in total. The predicted octanol–water partition coefficient (Wildman–Crippen LogP) is 2.99. The maximum atomic E-state index is 5.72. The first-order valence-corrected chi connectivity index (χ1v) is 7.16. The molecular weight excluding hydrogens is 216 g/mol. The summed E-state index contributed by atoms with van der Waals surface area (Å²) in [4.78, 5) is 2.51. The molecule has 1 heterocycles. The van der Waals surface area contributed by atoms with Crippen molar-refractivity contribution in [1.82, 2.24) is 0 Å². The zero-order chi connectivity index (χ0) is 11.4. The second kappa shape index (κ2) is 5.48. The van der Waals surface area contributed by atoms with Crippen molar-refractivity contribution in [3.63, 3.8) is 0 Å². The average molecular weight is 236 g/mol. The van der Waals surface area contributed by atoms with Crippen molar-refractivity contribution in [2.45, 2.75) is 25.8 Å². The third-order valence-corrected chi connectivity index (χ3v) is 4.25. The molecule has 0 radical (unpaired) electrons. The van der Waals surface area contributed by atoms with Crippen LogP contribution in [0.15, 0.2) is 24.3 Å². The number of nitrogen functional groups attached to an aromatic ring is 1. The molecule has 1 fully saturated rings. The van der Waals surface area contributed by atoms with Crippen molar-refractivity contribution in [3.8, 4) is 0 Å². The first-order valence-electron chi connectivity index (χ1n) is 6.01. The summed E-state index contributed by atoms with van der Waals surface area (Å²) in [5, 5.41) is 0. The number of hydrogen-bond acceptors (Lipinski definition) is 3. The smallest absolute Gasteiger partial charge is 0.0370 e. The van der Waals surface area contributed by atoms with Crippen LogP contribution in [0, 0.1) is 0 Å². The van der Waals surface area contributed by atoms with Crippen LogP contribution in [0.25, 0.3) is 0 Å². The number of anilines is 2. The van der Waals surface area contributed by atoms with Crippen LogP contribution >= 0.6 is 11.8 Å². The van der Waals surface area contributed by atoms with Gasteiger partial charge in [0, 0.05) is 24.0 Å². The molecule has 0 bridgehead atoms. The van der Waals surface area contributed by atoms with Gasteiger partial charge >= 0.3 is 0 Å². The van der Waals surface area contributed by atoms with Crippen molar-refractivity contribution in [1.29, 1.82) is 0 Å². The summed E-state index contributed by atoms with van der Waals surface area (Å²) in [5.41, 5.74) is 7.88. The highest BCUT2D eigenvalue weighted by molar-refractivity contribution is 7.99. The third-order valence-electron chi connectivity index (χ3n) is 3.20. The third kappa shape index (κ3) is 2.64. The van der Waals surface area contributed by atoms with Crippen molar-refractivity contribution < 1.29 is 0 Å². The van der Waals surface area contributed by atoms with E-state index in [1.807, 2.05) is 12.1 Å². The molecule has 1 saturated heterocycles. The van der Waals surface area contributed by atoms with Gasteiger partial charge in [-0.15, -0.1) is 0 Å². The number of rotatable bonds is 3. The van der Waals surface area contributed by atoms with Gasteiger partial charge in [0.2, 0.25) is 0 Å². The number of benzene rings is 1. The molecule has 0 saturated carbocycles. The lowest BCUT2D eigenvalue weighted by Crippen LogP contribution is -2.37. The highest BCUT2D eigenvalue weighted by atomic mass is 32.2. The van der Waals surface area contributed by atoms with E-state index in [9.17, 15) is 0 Å². The molecule has 0 spiro atoms. The van der Waals surface area contributed by atoms with E-state index in [0.29, 0.717) is 0 Å². The quantitative estimate of drug-likeness (QED) is 0.818. The largest absolute Gasteiger partial charge is 0.399 e. The van der Waals surface area contributed by atoms with E-state index >= 15 is 0 Å². The SMILES string of the molecule is CCN(c1ccc(N)cc1)C1CCSCC1. The molecule has 2 N–H and O–H groups in total. The fourth-order valence-corrected chi connectivity index (χ4v) is 3.40. The standard InChI is InChI=1S/C13H20N2S/c1-2-15(13-7-9-16-10-8-13)12-5-3-11(14)4-6-12/h3-6,13H,2,7-10,14H2,1H3. The number of nitrogens with two attached hydrogens (primary N) is 1. The Balaban J connectivity index is 2.11. The molecular formula is C13H20N2S. The van der Waals surface area contributed by atoms with Crippen LogP contribution in [0.5, 0.6) is 0 Å². The first-order chi connectivity index (χ1) is 7.81. The van der Waals surface area contributed by atoms with Crippen LogP contribution in [0.4, 0.5) is 11.4 Å². The summed E-state index contributed by atoms with van der Waals surface area (Å²) in [6, 6.07) is 8.99. The normalized spacial score (nSPS) is 17.3. The lowest BCUT2D eigenvalue weighted by atomic mass is 10.1. The first kappa shape index (κ1) is 11.6. The summed E-state index contributed by atoms with van der Waals surface area (Å²) in [7, 11) is 0. The van der Waals surface area contributed by atoms with Crippen molar-refractivity contribution in [2.24, 2.45) is 0 Å². The molecule has 1 aromatic carbocycles. The average Bonchev–Trinajstić information content (AvgIpc) is 2.34. The summed E-state index contributed by atoms with van der Waals surface area (Å²) >= 11 is 2.08. The minimum absolute atomic E-state index is 0.717. The van der Waals surface area contributed by atoms with Gasteiger partial charge in [0.1, 0.15) is 0 Å². The molecule has 0 aliphatic carbocycles. The van der Waals surface area contributed by atoms with Crippen molar-refractivity contribution >= 4 is 23.1 Å². The number of thioether (sulfide) groups is 1. The van der Waals surface area contributed by atoms with Crippen LogP contribution in [-0.2, 0) is 0 Å². The van der Waals surface area contributed by atoms with Gasteiger partial charge in [0.25, 0.3) is 0 Å². The molecule has 0 atom stereocenters. The van der Waals surface area contributed by atoms with Crippen LogP contribution in [0.3, 0.4) is 0 Å². The van der Waals surface area contributed by atoms with Crippen LogP contribution in [0.1, 0.15) is 19.8 Å². The van der Waals surface area contributed by atoms with Gasteiger partial charge < -0.3 is 10.6 Å². The molecule has 3 heteroatoms. The molecule has 88 valence electrons. The zero-order valence-corrected chi connectivity index (χ0v) is 10.7. The van der Waals surface area contributed by atoms with Gasteiger partial charge in [-0.1, -0.05) is 0 Å². The minimum Gasteiger partial charge on any atom is -0.399 e. The lowest BCUT2D eigenvalue weighted by Gasteiger charge is -2.35. The van der Waals surface area contributed by atoms with E-state index < -0.39 is 0 Å². The Morgan fingerprint density at radius 1 is 1.25 bits per heavy atom. The molecule has 1 aliphatic rings. The molecule has 16 heavy (non-hydrogen) atoms. The monoisotopic (exact) mass is 236 g/mol. The van der Waals surface area contributed by atoms with Gasteiger partial charge in [-0.2, -0.15) is 11.8 Å². The number of nitrogens with zero attached hydrogens (tertiary/aromatic N) is 1. The van der Waals surface area contributed by atoms with E-state index in [0.717, 1.165) is 18.3 Å². The Labute approximate surface area is 102 Å². The Kier molecular flexibility index (Phi) is 3.99. The predicted molar refractivity (Wildman–Crippen MR) is 74.2 cm³/mol. The van der Waals surface area contributed by atoms with Gasteiger partial charge in [-0.3, -0.25) is 0 Å². The Bertz CT molecular complexity index is 317. The van der Waals surface area contributed by atoms with E-state index in [4.69, 9.17) is 5.73 Å². The molecule has 1 aliphatic heterocycles. The van der Waals surface area contributed by atoms with Crippen LogP contribution in [-0.4, -0.2) is 24.1 Å². The van der Waals surface area contributed by atoms with E-state index in [2.05, 4.69) is 35.7 Å². The van der Waals surface area contributed by atoms with E-state index in [-0.39, 0.29) is 0 Å². The second-order valence-electron chi connectivity index (χ2n) is 4.22. The van der Waals surface area contributed by atoms with Gasteiger partial charge in [0.05, 0.1) is 0 Å². The second-order valence-corrected chi connectivity index (χ2v) is 5.45. The minimum atomic E-state index is 0.717. The maximum absolute atomic E-state index is 5.72. The van der Waals surface area contributed by atoms with E-state index in [1.54, 1.807) is 0 Å². The highest BCUT2D eigenvalue weighted by Crippen LogP contribution is 2.26. The highest BCUT2D eigenvalue weighted by Gasteiger charge is 2.20. The van der Waals surface area contributed by atoms with Gasteiger partial charge in [-0.25, -0.2) is 0 Å². The molecule has 1 aromatic rings. The Morgan fingerprint density at radius 3 is 2.44 bits per heavy atom. The lowest BCUT2D eigenvalue weighted by molar-refractivity contribution is 0.564. The zero-order valence-electron chi connectivity index (χ0n) is 9.86. The molecule has 0 amide bonds. The summed E-state index contributed by atoms with van der Waals surface area (Å²) in [5.74, 6) is 2.60.